The number of carbonyl (C=O) groups excluding carboxylic acids is 1. The highest BCUT2D eigenvalue weighted by molar-refractivity contribution is 7.99. The second kappa shape index (κ2) is 22.0. The van der Waals surface area contributed by atoms with Crippen LogP contribution in [-0.4, -0.2) is 21.9 Å². The molecule has 0 atom stereocenters. The number of aromatic nitrogens is 2. The Hall–Kier alpha value is -2.60. The predicted molar refractivity (Wildman–Crippen MR) is 180 cm³/mol. The molecule has 236 valence electrons. The summed E-state index contributed by atoms with van der Waals surface area (Å²) in [6.07, 6.45) is 24.9. The molecular formula is C37H54N2O3S. The van der Waals surface area contributed by atoms with E-state index in [9.17, 15) is 4.79 Å². The highest BCUT2D eigenvalue weighted by Gasteiger charge is 2.12. The predicted octanol–water partition coefficient (Wildman–Crippen LogP) is 11.7. The van der Waals surface area contributed by atoms with Gasteiger partial charge >= 0.3 is 5.97 Å². The summed E-state index contributed by atoms with van der Waals surface area (Å²) >= 11 is 1.62. The molecule has 5 nitrogen and oxygen atoms in total. The molecule has 0 aliphatic carbocycles. The molecule has 0 amide bonds. The third kappa shape index (κ3) is 14.6. The first-order chi connectivity index (χ1) is 21.2. The normalized spacial score (nSPS) is 11.2. The number of thioether (sulfide) groups is 1. The lowest BCUT2D eigenvalue weighted by Crippen LogP contribution is -2.08. The van der Waals surface area contributed by atoms with Crippen LogP contribution in [0.1, 0.15) is 145 Å². The highest BCUT2D eigenvalue weighted by atomic mass is 32.2. The molecule has 0 N–H and O–H groups in total. The molecule has 1 aromatic heterocycles. The maximum absolute atomic E-state index is 12.7. The zero-order valence-corrected chi connectivity index (χ0v) is 27.6. The largest absolute Gasteiger partial charge is 0.423 e. The molecule has 43 heavy (non-hydrogen) atoms. The van der Waals surface area contributed by atoms with Gasteiger partial charge in [-0.3, -0.25) is 0 Å². The van der Waals surface area contributed by atoms with Crippen LogP contribution in [0.5, 0.6) is 5.75 Å². The van der Waals surface area contributed by atoms with Crippen molar-refractivity contribution < 1.29 is 13.9 Å². The van der Waals surface area contributed by atoms with Crippen molar-refractivity contribution in [2.24, 2.45) is 0 Å². The quantitative estimate of drug-likeness (QED) is 0.0437. The summed E-state index contributed by atoms with van der Waals surface area (Å²) in [5.41, 5.74) is 2.64. The van der Waals surface area contributed by atoms with Crippen molar-refractivity contribution >= 4 is 17.7 Å². The number of aryl methyl sites for hydroxylation is 1. The number of esters is 1. The first kappa shape index (κ1) is 34.9. The standard InChI is InChI=1S/C37H54N2O3S/c1-3-5-7-9-11-13-14-16-18-20-30-43-37-39-38-35(42-37)32-26-28-34(29-27-32)41-36(40)33-24-22-31(23-25-33)21-19-17-15-12-10-8-6-4-2/h22-29H,3-21,30H2,1-2H3. The molecule has 0 aliphatic heterocycles. The molecule has 2 aromatic carbocycles. The summed E-state index contributed by atoms with van der Waals surface area (Å²) in [5.74, 6) is 1.62. The van der Waals surface area contributed by atoms with Crippen LogP contribution in [0, 0.1) is 0 Å². The van der Waals surface area contributed by atoms with Crippen LogP contribution in [0.25, 0.3) is 11.5 Å². The van der Waals surface area contributed by atoms with Crippen molar-refractivity contribution in [3.63, 3.8) is 0 Å². The van der Waals surface area contributed by atoms with E-state index in [1.54, 1.807) is 23.9 Å². The third-order valence-electron chi connectivity index (χ3n) is 7.95. The Balaban J connectivity index is 1.30. The smallest absolute Gasteiger partial charge is 0.343 e. The van der Waals surface area contributed by atoms with E-state index in [1.807, 2.05) is 36.4 Å². The average molecular weight is 607 g/mol. The van der Waals surface area contributed by atoms with Gasteiger partial charge in [0.2, 0.25) is 5.89 Å². The van der Waals surface area contributed by atoms with Gasteiger partial charge in [0.05, 0.1) is 5.56 Å². The van der Waals surface area contributed by atoms with E-state index < -0.39 is 0 Å². The molecule has 0 saturated heterocycles. The SMILES string of the molecule is CCCCCCCCCCCCSc1nnc(-c2ccc(OC(=O)c3ccc(CCCCCCCCCC)cc3)cc2)o1. The van der Waals surface area contributed by atoms with Crippen molar-refractivity contribution in [3.8, 4) is 17.2 Å². The number of unbranched alkanes of at least 4 members (excludes halogenated alkanes) is 16. The summed E-state index contributed by atoms with van der Waals surface area (Å²) in [6, 6.07) is 15.0. The number of carbonyl (C=O) groups is 1. The van der Waals surface area contributed by atoms with Gasteiger partial charge in [-0.05, 0) is 61.2 Å². The van der Waals surface area contributed by atoms with E-state index in [-0.39, 0.29) is 5.97 Å². The molecule has 1 heterocycles. The maximum Gasteiger partial charge on any atom is 0.343 e. The molecule has 0 radical (unpaired) electrons. The first-order valence-electron chi connectivity index (χ1n) is 17.1. The summed E-state index contributed by atoms with van der Waals surface area (Å²) < 4.78 is 11.5. The molecule has 0 spiro atoms. The van der Waals surface area contributed by atoms with Gasteiger partial charge in [-0.25, -0.2) is 4.79 Å². The summed E-state index contributed by atoms with van der Waals surface area (Å²) in [7, 11) is 0. The Bertz CT molecular complexity index is 1130. The summed E-state index contributed by atoms with van der Waals surface area (Å²) in [4.78, 5) is 12.7. The fraction of sp³-hybridized carbons (Fsp3) is 0.595. The average Bonchev–Trinajstić information content (AvgIpc) is 3.51. The Morgan fingerprint density at radius 2 is 1.19 bits per heavy atom. The Morgan fingerprint density at radius 3 is 1.77 bits per heavy atom. The van der Waals surface area contributed by atoms with Crippen LogP contribution in [0.15, 0.2) is 58.2 Å². The minimum atomic E-state index is -0.352. The van der Waals surface area contributed by atoms with Crippen LogP contribution in [0.2, 0.25) is 0 Å². The lowest BCUT2D eigenvalue weighted by Gasteiger charge is -2.06. The second-order valence-corrected chi connectivity index (χ2v) is 12.8. The molecule has 3 aromatic rings. The van der Waals surface area contributed by atoms with Gasteiger partial charge in [-0.15, -0.1) is 10.2 Å². The van der Waals surface area contributed by atoms with Crippen molar-refractivity contribution in [1.29, 1.82) is 0 Å². The minimum absolute atomic E-state index is 0.352. The van der Waals surface area contributed by atoms with Crippen molar-refractivity contribution in [2.75, 3.05) is 5.75 Å². The molecule has 0 unspecified atom stereocenters. The molecule has 6 heteroatoms. The van der Waals surface area contributed by atoms with E-state index in [2.05, 4.69) is 24.0 Å². The molecule has 0 saturated carbocycles. The van der Waals surface area contributed by atoms with E-state index in [1.165, 1.54) is 121 Å². The lowest BCUT2D eigenvalue weighted by molar-refractivity contribution is 0.0734. The summed E-state index contributed by atoms with van der Waals surface area (Å²) in [5, 5.41) is 9.00. The zero-order valence-electron chi connectivity index (χ0n) is 26.8. The van der Waals surface area contributed by atoms with Crippen molar-refractivity contribution in [3.05, 3.63) is 59.7 Å². The van der Waals surface area contributed by atoms with E-state index in [0.29, 0.717) is 22.4 Å². The zero-order chi connectivity index (χ0) is 30.4. The Kier molecular flexibility index (Phi) is 17.8. The Labute approximate surface area is 265 Å². The van der Waals surface area contributed by atoms with Gasteiger partial charge in [-0.1, -0.05) is 140 Å². The van der Waals surface area contributed by atoms with Crippen LogP contribution in [0.3, 0.4) is 0 Å². The van der Waals surface area contributed by atoms with Gasteiger partial charge in [0, 0.05) is 11.3 Å². The number of hydrogen-bond acceptors (Lipinski definition) is 6. The molecular weight excluding hydrogens is 552 g/mol. The molecule has 3 rings (SSSR count). The fourth-order valence-corrected chi connectivity index (χ4v) is 6.00. The summed E-state index contributed by atoms with van der Waals surface area (Å²) in [6.45, 7) is 4.53. The van der Waals surface area contributed by atoms with Crippen LogP contribution >= 0.6 is 11.8 Å². The van der Waals surface area contributed by atoms with E-state index in [0.717, 1.165) is 17.7 Å². The first-order valence-corrected chi connectivity index (χ1v) is 18.1. The lowest BCUT2D eigenvalue weighted by atomic mass is 10.0. The van der Waals surface area contributed by atoms with Crippen LogP contribution in [-0.2, 0) is 6.42 Å². The van der Waals surface area contributed by atoms with E-state index >= 15 is 0 Å². The van der Waals surface area contributed by atoms with E-state index in [4.69, 9.17) is 9.15 Å². The third-order valence-corrected chi connectivity index (χ3v) is 8.86. The second-order valence-electron chi connectivity index (χ2n) is 11.7. The molecule has 0 aliphatic rings. The number of benzene rings is 2. The monoisotopic (exact) mass is 606 g/mol. The minimum Gasteiger partial charge on any atom is -0.423 e. The number of ether oxygens (including phenoxy) is 1. The van der Waals surface area contributed by atoms with Gasteiger partial charge in [0.1, 0.15) is 5.75 Å². The Morgan fingerprint density at radius 1 is 0.651 bits per heavy atom. The molecule has 0 bridgehead atoms. The number of nitrogens with zero attached hydrogens (tertiary/aromatic N) is 2. The van der Waals surface area contributed by atoms with Gasteiger partial charge in [0.25, 0.3) is 5.22 Å². The van der Waals surface area contributed by atoms with Crippen LogP contribution < -0.4 is 4.74 Å². The number of rotatable bonds is 24. The highest BCUT2D eigenvalue weighted by Crippen LogP contribution is 2.26. The van der Waals surface area contributed by atoms with Crippen LogP contribution in [0.4, 0.5) is 0 Å². The van der Waals surface area contributed by atoms with Crippen molar-refractivity contribution in [2.45, 2.75) is 141 Å². The maximum atomic E-state index is 12.7. The number of hydrogen-bond donors (Lipinski definition) is 0. The van der Waals surface area contributed by atoms with Gasteiger partial charge in [0.15, 0.2) is 0 Å². The molecule has 0 fully saturated rings. The van der Waals surface area contributed by atoms with Gasteiger partial charge < -0.3 is 9.15 Å². The topological polar surface area (TPSA) is 65.2 Å². The van der Waals surface area contributed by atoms with Crippen molar-refractivity contribution in [1.82, 2.24) is 10.2 Å². The fourth-order valence-electron chi connectivity index (χ4n) is 5.24. The van der Waals surface area contributed by atoms with Gasteiger partial charge in [-0.2, -0.15) is 0 Å².